The molecule has 5 rings (SSSR count). The molecule has 5 aromatic rings. The number of carbonyl (C=O) groups is 1. The zero-order chi connectivity index (χ0) is 25.9. The van der Waals surface area contributed by atoms with Crippen molar-refractivity contribution < 1.29 is 9.53 Å². The monoisotopic (exact) mass is 509 g/mol. The first-order valence-electron chi connectivity index (χ1n) is 11.7. The van der Waals surface area contributed by atoms with Crippen LogP contribution in [0.5, 0.6) is 5.75 Å². The summed E-state index contributed by atoms with van der Waals surface area (Å²) in [6.07, 6.45) is 0. The molecule has 0 saturated heterocycles. The van der Waals surface area contributed by atoms with Crippen LogP contribution in [-0.2, 0) is 6.54 Å². The molecule has 0 atom stereocenters. The zero-order valence-corrected chi connectivity index (χ0v) is 21.1. The maximum atomic E-state index is 13.4. The molecule has 37 heavy (non-hydrogen) atoms. The molecule has 0 radical (unpaired) electrons. The Kier molecular flexibility index (Phi) is 6.75. The molecule has 0 fully saturated rings. The maximum absolute atomic E-state index is 13.4. The second kappa shape index (κ2) is 10.3. The molecule has 7 heteroatoms. The second-order valence-corrected chi connectivity index (χ2v) is 9.11. The molecule has 1 N–H and O–H groups in total. The molecule has 1 heterocycles. The van der Waals surface area contributed by atoms with Crippen molar-refractivity contribution in [3.63, 3.8) is 0 Å². The van der Waals surface area contributed by atoms with Gasteiger partial charge in [0, 0.05) is 16.3 Å². The van der Waals surface area contributed by atoms with E-state index in [1.165, 1.54) is 0 Å². The number of amides is 1. The molecule has 6 nitrogen and oxygen atoms in total. The number of anilines is 1. The number of carbonyl (C=O) groups excluding carboxylic acids is 1. The van der Waals surface area contributed by atoms with Gasteiger partial charge < -0.3 is 10.1 Å². The molecule has 0 aliphatic heterocycles. The molecule has 4 aromatic carbocycles. The Morgan fingerprint density at radius 2 is 1.57 bits per heavy atom. The summed E-state index contributed by atoms with van der Waals surface area (Å²) in [5.74, 6) is 1.02. The number of nitrogens with zero attached hydrogens (tertiary/aromatic N) is 2. The summed E-state index contributed by atoms with van der Waals surface area (Å²) in [6.45, 7) is 2.21. The van der Waals surface area contributed by atoms with E-state index in [0.717, 1.165) is 16.7 Å². The molecule has 1 amide bonds. The lowest BCUT2D eigenvalue weighted by molar-refractivity contribution is 0.102. The standard InChI is InChI=1S/C30H24ClN3O3/c1-19-32-28-16-13-25(33-29(35)23-9-14-26(37-2)15-10-23)17-27(28)30(36)34(19)18-20-3-5-21(6-4-20)22-7-11-24(31)12-8-22/h3-17H,18H2,1-2H3,(H,33,35). The van der Waals surface area contributed by atoms with Gasteiger partial charge in [0.2, 0.25) is 0 Å². The third-order valence-corrected chi connectivity index (χ3v) is 6.48. The number of aryl methyl sites for hydroxylation is 1. The first-order valence-corrected chi connectivity index (χ1v) is 12.1. The van der Waals surface area contributed by atoms with Gasteiger partial charge in [-0.2, -0.15) is 0 Å². The van der Waals surface area contributed by atoms with Crippen molar-refractivity contribution in [1.29, 1.82) is 0 Å². The summed E-state index contributed by atoms with van der Waals surface area (Å²) in [6, 6.07) is 27.7. The highest BCUT2D eigenvalue weighted by Crippen LogP contribution is 2.23. The van der Waals surface area contributed by atoms with Crippen LogP contribution in [0.15, 0.2) is 95.8 Å². The first-order chi connectivity index (χ1) is 17.9. The van der Waals surface area contributed by atoms with Crippen molar-refractivity contribution in [2.45, 2.75) is 13.5 Å². The van der Waals surface area contributed by atoms with Crippen molar-refractivity contribution in [2.24, 2.45) is 0 Å². The van der Waals surface area contributed by atoms with Crippen molar-refractivity contribution in [3.05, 3.63) is 123 Å². The van der Waals surface area contributed by atoms with E-state index >= 15 is 0 Å². The highest BCUT2D eigenvalue weighted by atomic mass is 35.5. The summed E-state index contributed by atoms with van der Waals surface area (Å²) in [4.78, 5) is 30.7. The topological polar surface area (TPSA) is 73.2 Å². The fourth-order valence-electron chi connectivity index (χ4n) is 4.17. The number of halogens is 1. The average Bonchev–Trinajstić information content (AvgIpc) is 2.92. The lowest BCUT2D eigenvalue weighted by Crippen LogP contribution is -2.24. The fourth-order valence-corrected chi connectivity index (χ4v) is 4.29. The minimum atomic E-state index is -0.275. The van der Waals surface area contributed by atoms with Crippen LogP contribution in [0.3, 0.4) is 0 Å². The van der Waals surface area contributed by atoms with Gasteiger partial charge in [-0.3, -0.25) is 14.2 Å². The summed E-state index contributed by atoms with van der Waals surface area (Å²) in [5.41, 5.74) is 4.55. The van der Waals surface area contributed by atoms with Crippen molar-refractivity contribution in [2.75, 3.05) is 12.4 Å². The molecule has 0 bridgehead atoms. The van der Waals surface area contributed by atoms with Crippen LogP contribution in [0.4, 0.5) is 5.69 Å². The van der Waals surface area contributed by atoms with Gasteiger partial charge in [-0.15, -0.1) is 0 Å². The Morgan fingerprint density at radius 1 is 0.919 bits per heavy atom. The Bertz CT molecular complexity index is 1640. The smallest absolute Gasteiger partial charge is 0.261 e. The molecule has 0 aliphatic carbocycles. The van der Waals surface area contributed by atoms with Crippen molar-refractivity contribution in [1.82, 2.24) is 9.55 Å². The summed E-state index contributed by atoms with van der Waals surface area (Å²) >= 11 is 6.00. The van der Waals surface area contributed by atoms with Gasteiger partial charge in [0.1, 0.15) is 11.6 Å². The largest absolute Gasteiger partial charge is 0.497 e. The van der Waals surface area contributed by atoms with Gasteiger partial charge in [-0.1, -0.05) is 48.0 Å². The lowest BCUT2D eigenvalue weighted by atomic mass is 10.0. The number of fused-ring (bicyclic) bond motifs is 1. The van der Waals surface area contributed by atoms with E-state index in [4.69, 9.17) is 16.3 Å². The van der Waals surface area contributed by atoms with Gasteiger partial charge in [0.15, 0.2) is 0 Å². The van der Waals surface area contributed by atoms with Crippen LogP contribution in [0.2, 0.25) is 5.02 Å². The number of rotatable bonds is 6. The van der Waals surface area contributed by atoms with E-state index in [2.05, 4.69) is 10.3 Å². The van der Waals surface area contributed by atoms with E-state index in [1.54, 1.807) is 54.1 Å². The fraction of sp³-hybridized carbons (Fsp3) is 0.100. The molecule has 1 aromatic heterocycles. The van der Waals surface area contributed by atoms with E-state index in [-0.39, 0.29) is 11.5 Å². The zero-order valence-electron chi connectivity index (χ0n) is 20.4. The first kappa shape index (κ1) is 24.3. The van der Waals surface area contributed by atoms with E-state index < -0.39 is 0 Å². The van der Waals surface area contributed by atoms with Crippen LogP contribution in [-0.4, -0.2) is 22.6 Å². The Balaban J connectivity index is 1.40. The van der Waals surface area contributed by atoms with Crippen molar-refractivity contribution in [3.8, 4) is 16.9 Å². The molecule has 0 aliphatic rings. The van der Waals surface area contributed by atoms with Gasteiger partial charge in [0.25, 0.3) is 11.5 Å². The van der Waals surface area contributed by atoms with Crippen molar-refractivity contribution >= 4 is 34.1 Å². The molecule has 0 unspecified atom stereocenters. The minimum absolute atomic E-state index is 0.162. The number of hydrogen-bond donors (Lipinski definition) is 1. The van der Waals surface area contributed by atoms with Gasteiger partial charge in [0.05, 0.1) is 24.6 Å². The Hall–Kier alpha value is -4.42. The van der Waals surface area contributed by atoms with Gasteiger partial charge in [-0.05, 0) is 78.2 Å². The van der Waals surface area contributed by atoms with E-state index in [0.29, 0.717) is 45.3 Å². The summed E-state index contributed by atoms with van der Waals surface area (Å²) in [5, 5.41) is 4.00. The van der Waals surface area contributed by atoms with E-state index in [9.17, 15) is 9.59 Å². The van der Waals surface area contributed by atoms with Crippen LogP contribution >= 0.6 is 11.6 Å². The number of benzene rings is 4. The third-order valence-electron chi connectivity index (χ3n) is 6.23. The molecular weight excluding hydrogens is 486 g/mol. The normalized spacial score (nSPS) is 10.9. The van der Waals surface area contributed by atoms with E-state index in [1.807, 2.05) is 55.5 Å². The lowest BCUT2D eigenvalue weighted by Gasteiger charge is -2.13. The van der Waals surface area contributed by atoms with Gasteiger partial charge >= 0.3 is 0 Å². The third kappa shape index (κ3) is 5.25. The summed E-state index contributed by atoms with van der Waals surface area (Å²) < 4.78 is 6.79. The second-order valence-electron chi connectivity index (χ2n) is 8.67. The quantitative estimate of drug-likeness (QED) is 0.290. The molecule has 184 valence electrons. The number of aromatic nitrogens is 2. The highest BCUT2D eigenvalue weighted by Gasteiger charge is 2.12. The molecular formula is C30H24ClN3O3. The number of methoxy groups -OCH3 is 1. The summed E-state index contributed by atoms with van der Waals surface area (Å²) in [7, 11) is 1.57. The van der Waals surface area contributed by atoms with Crippen LogP contribution in [0.1, 0.15) is 21.7 Å². The number of hydrogen-bond acceptors (Lipinski definition) is 4. The number of nitrogens with one attached hydrogen (secondary N) is 1. The van der Waals surface area contributed by atoms with Crippen LogP contribution < -0.4 is 15.6 Å². The SMILES string of the molecule is COc1ccc(C(=O)Nc2ccc3nc(C)n(Cc4ccc(-c5ccc(Cl)cc5)cc4)c(=O)c3c2)cc1. The maximum Gasteiger partial charge on any atom is 0.261 e. The average molecular weight is 510 g/mol. The van der Waals surface area contributed by atoms with Gasteiger partial charge in [-0.25, -0.2) is 4.98 Å². The predicted octanol–water partition coefficient (Wildman–Crippen LogP) is 6.33. The Labute approximate surface area is 219 Å². The minimum Gasteiger partial charge on any atom is -0.497 e. The Morgan fingerprint density at radius 3 is 2.22 bits per heavy atom. The molecule has 0 saturated carbocycles. The molecule has 0 spiro atoms. The number of ether oxygens (including phenoxy) is 1. The predicted molar refractivity (Wildman–Crippen MR) is 148 cm³/mol. The highest BCUT2D eigenvalue weighted by molar-refractivity contribution is 6.30. The van der Waals surface area contributed by atoms with Crippen LogP contribution in [0, 0.1) is 6.92 Å². The van der Waals surface area contributed by atoms with Crippen LogP contribution in [0.25, 0.3) is 22.0 Å².